The average molecular weight is 335 g/mol. The first-order valence-electron chi connectivity index (χ1n) is 4.47. The molecule has 0 spiro atoms. The van der Waals surface area contributed by atoms with Gasteiger partial charge in [0, 0.05) is 10.5 Å². The largest absolute Gasteiger partial charge is 0.437 e. The number of nitrogens with zero attached hydrogens (tertiary/aromatic N) is 2. The van der Waals surface area contributed by atoms with Gasteiger partial charge >= 0.3 is 0 Å². The SMILES string of the molecule is Nc1nc(Cl)cc(Oc2cc(Br)ccc2Cl)n1. The molecule has 4 nitrogen and oxygen atoms in total. The highest BCUT2D eigenvalue weighted by Gasteiger charge is 2.07. The number of nitrogens with two attached hydrogens (primary N) is 1. The Morgan fingerprint density at radius 1 is 1.18 bits per heavy atom. The van der Waals surface area contributed by atoms with Crippen LogP contribution in [0.4, 0.5) is 5.95 Å². The number of anilines is 1. The second-order valence-electron chi connectivity index (χ2n) is 3.06. The molecule has 0 amide bonds. The molecule has 88 valence electrons. The summed E-state index contributed by atoms with van der Waals surface area (Å²) in [5.74, 6) is 0.733. The fourth-order valence-corrected chi connectivity index (χ4v) is 1.81. The van der Waals surface area contributed by atoms with E-state index in [1.54, 1.807) is 18.2 Å². The molecule has 1 aromatic carbocycles. The number of aromatic nitrogens is 2. The monoisotopic (exact) mass is 333 g/mol. The van der Waals surface area contributed by atoms with E-state index < -0.39 is 0 Å². The number of hydrogen-bond acceptors (Lipinski definition) is 4. The predicted octanol–water partition coefficient (Wildman–Crippen LogP) is 3.92. The molecule has 2 aromatic rings. The van der Waals surface area contributed by atoms with Crippen molar-refractivity contribution in [2.45, 2.75) is 0 Å². The van der Waals surface area contributed by atoms with Gasteiger partial charge in [-0.3, -0.25) is 0 Å². The van der Waals surface area contributed by atoms with E-state index in [0.717, 1.165) is 4.47 Å². The van der Waals surface area contributed by atoms with Crippen LogP contribution in [0.3, 0.4) is 0 Å². The minimum absolute atomic E-state index is 0.0404. The maximum absolute atomic E-state index is 5.97. The molecule has 2 rings (SSSR count). The van der Waals surface area contributed by atoms with Crippen molar-refractivity contribution in [3.8, 4) is 11.6 Å². The summed E-state index contributed by atoms with van der Waals surface area (Å²) in [5.41, 5.74) is 5.45. The lowest BCUT2D eigenvalue weighted by molar-refractivity contribution is 0.462. The van der Waals surface area contributed by atoms with Crippen LogP contribution in [0.1, 0.15) is 0 Å². The maximum atomic E-state index is 5.97. The highest BCUT2D eigenvalue weighted by molar-refractivity contribution is 9.10. The normalized spacial score (nSPS) is 10.3. The molecule has 0 aliphatic heterocycles. The van der Waals surface area contributed by atoms with E-state index >= 15 is 0 Å². The Kier molecular flexibility index (Phi) is 3.71. The summed E-state index contributed by atoms with van der Waals surface area (Å²) in [6.07, 6.45) is 0. The van der Waals surface area contributed by atoms with Crippen molar-refractivity contribution in [2.24, 2.45) is 0 Å². The van der Waals surface area contributed by atoms with Crippen LogP contribution in [0.15, 0.2) is 28.7 Å². The average Bonchev–Trinajstić information content (AvgIpc) is 2.22. The molecule has 0 aliphatic carbocycles. The molecule has 0 unspecified atom stereocenters. The number of nitrogen functional groups attached to an aromatic ring is 1. The zero-order valence-electron chi connectivity index (χ0n) is 8.32. The topological polar surface area (TPSA) is 61.0 Å². The molecule has 0 fully saturated rings. The van der Waals surface area contributed by atoms with E-state index in [-0.39, 0.29) is 17.0 Å². The maximum Gasteiger partial charge on any atom is 0.225 e. The molecular weight excluding hydrogens is 329 g/mol. The van der Waals surface area contributed by atoms with Crippen LogP contribution >= 0.6 is 39.1 Å². The Morgan fingerprint density at radius 2 is 1.94 bits per heavy atom. The summed E-state index contributed by atoms with van der Waals surface area (Å²) in [4.78, 5) is 7.61. The first-order valence-corrected chi connectivity index (χ1v) is 6.02. The second-order valence-corrected chi connectivity index (χ2v) is 4.77. The van der Waals surface area contributed by atoms with Crippen molar-refractivity contribution in [3.05, 3.63) is 38.9 Å². The van der Waals surface area contributed by atoms with Crippen LogP contribution in [-0.2, 0) is 0 Å². The van der Waals surface area contributed by atoms with E-state index in [1.165, 1.54) is 6.07 Å². The number of rotatable bonds is 2. The molecule has 17 heavy (non-hydrogen) atoms. The molecule has 0 aliphatic rings. The van der Waals surface area contributed by atoms with Crippen LogP contribution in [0, 0.1) is 0 Å². The van der Waals surface area contributed by atoms with E-state index in [2.05, 4.69) is 25.9 Å². The third-order valence-electron chi connectivity index (χ3n) is 1.80. The quantitative estimate of drug-likeness (QED) is 0.845. The van der Waals surface area contributed by atoms with Crippen molar-refractivity contribution in [3.63, 3.8) is 0 Å². The molecular formula is C10H6BrCl2N3O. The molecule has 1 heterocycles. The van der Waals surface area contributed by atoms with Crippen molar-refractivity contribution in [2.75, 3.05) is 5.73 Å². The standard InChI is InChI=1S/C10H6BrCl2N3O/c11-5-1-2-6(12)7(3-5)17-9-4-8(13)15-10(14)16-9/h1-4H,(H2,14,15,16). The van der Waals surface area contributed by atoms with Gasteiger partial charge in [-0.1, -0.05) is 39.1 Å². The lowest BCUT2D eigenvalue weighted by atomic mass is 10.3. The van der Waals surface area contributed by atoms with Crippen molar-refractivity contribution in [1.82, 2.24) is 9.97 Å². The molecule has 1 aromatic heterocycles. The highest BCUT2D eigenvalue weighted by atomic mass is 79.9. The van der Waals surface area contributed by atoms with Gasteiger partial charge < -0.3 is 10.5 Å². The molecule has 7 heteroatoms. The van der Waals surface area contributed by atoms with E-state index in [0.29, 0.717) is 10.8 Å². The van der Waals surface area contributed by atoms with Gasteiger partial charge in [-0.25, -0.2) is 4.98 Å². The minimum atomic E-state index is 0.0404. The zero-order chi connectivity index (χ0) is 12.4. The highest BCUT2D eigenvalue weighted by Crippen LogP contribution is 2.31. The first kappa shape index (κ1) is 12.4. The van der Waals surface area contributed by atoms with E-state index in [9.17, 15) is 0 Å². The predicted molar refractivity (Wildman–Crippen MR) is 70.7 cm³/mol. The van der Waals surface area contributed by atoms with Crippen LogP contribution in [0.2, 0.25) is 10.2 Å². The molecule has 0 saturated heterocycles. The zero-order valence-corrected chi connectivity index (χ0v) is 11.4. The second kappa shape index (κ2) is 5.08. The minimum Gasteiger partial charge on any atom is -0.437 e. The van der Waals surface area contributed by atoms with E-state index in [1.807, 2.05) is 0 Å². The van der Waals surface area contributed by atoms with Crippen molar-refractivity contribution >= 4 is 45.1 Å². The Hall–Kier alpha value is -1.04. The van der Waals surface area contributed by atoms with Gasteiger partial charge in [0.1, 0.15) is 10.9 Å². The Morgan fingerprint density at radius 3 is 2.65 bits per heavy atom. The smallest absolute Gasteiger partial charge is 0.225 e. The van der Waals surface area contributed by atoms with Crippen molar-refractivity contribution < 1.29 is 4.74 Å². The number of benzene rings is 1. The van der Waals surface area contributed by atoms with Gasteiger partial charge in [0.25, 0.3) is 0 Å². The molecule has 2 N–H and O–H groups in total. The third kappa shape index (κ3) is 3.21. The van der Waals surface area contributed by atoms with Crippen LogP contribution in [-0.4, -0.2) is 9.97 Å². The summed E-state index contributed by atoms with van der Waals surface area (Å²) < 4.78 is 6.31. The van der Waals surface area contributed by atoms with Gasteiger partial charge in [-0.15, -0.1) is 0 Å². The molecule has 0 radical (unpaired) electrons. The molecule has 0 saturated carbocycles. The van der Waals surface area contributed by atoms with Crippen LogP contribution < -0.4 is 10.5 Å². The molecule has 0 atom stereocenters. The fourth-order valence-electron chi connectivity index (χ4n) is 1.13. The lowest BCUT2D eigenvalue weighted by Gasteiger charge is -2.07. The summed E-state index contributed by atoms with van der Waals surface area (Å²) in [6, 6.07) is 6.67. The summed E-state index contributed by atoms with van der Waals surface area (Å²) in [6.45, 7) is 0. The van der Waals surface area contributed by atoms with Gasteiger partial charge in [-0.05, 0) is 18.2 Å². The Balaban J connectivity index is 2.34. The van der Waals surface area contributed by atoms with Gasteiger partial charge in [0.05, 0.1) is 5.02 Å². The first-order chi connectivity index (χ1) is 8.04. The van der Waals surface area contributed by atoms with Gasteiger partial charge in [0.2, 0.25) is 11.8 Å². The Labute approximate surface area is 116 Å². The Bertz CT molecular complexity index is 545. The summed E-state index contributed by atoms with van der Waals surface area (Å²) in [7, 11) is 0. The van der Waals surface area contributed by atoms with Gasteiger partial charge in [-0.2, -0.15) is 4.98 Å². The van der Waals surface area contributed by atoms with E-state index in [4.69, 9.17) is 33.7 Å². The van der Waals surface area contributed by atoms with Crippen LogP contribution in [0.25, 0.3) is 0 Å². The lowest BCUT2D eigenvalue weighted by Crippen LogP contribution is -1.97. The van der Waals surface area contributed by atoms with Gasteiger partial charge in [0.15, 0.2) is 0 Å². The summed E-state index contributed by atoms with van der Waals surface area (Å²) in [5, 5.41) is 0.667. The van der Waals surface area contributed by atoms with Crippen LogP contribution in [0.5, 0.6) is 11.6 Å². The number of halogens is 3. The number of ether oxygens (including phenoxy) is 1. The fraction of sp³-hybridized carbons (Fsp3) is 0. The number of hydrogen-bond donors (Lipinski definition) is 1. The van der Waals surface area contributed by atoms with Crippen molar-refractivity contribution in [1.29, 1.82) is 0 Å². The third-order valence-corrected chi connectivity index (χ3v) is 2.80. The summed E-state index contributed by atoms with van der Waals surface area (Å²) >= 11 is 15.0. The molecule has 0 bridgehead atoms.